The van der Waals surface area contributed by atoms with Crippen molar-refractivity contribution in [2.24, 2.45) is 10.9 Å². The molecule has 1 atom stereocenters. The lowest BCUT2D eigenvalue weighted by Gasteiger charge is -2.36. The minimum absolute atomic E-state index is 0.358. The Morgan fingerprint density at radius 2 is 1.97 bits per heavy atom. The lowest BCUT2D eigenvalue weighted by atomic mass is 9.94. The third kappa shape index (κ3) is 5.85. The molecule has 1 aromatic rings. The number of allylic oxidation sites excluding steroid dienone is 1. The third-order valence-corrected chi connectivity index (χ3v) is 6.55. The zero-order valence-corrected chi connectivity index (χ0v) is 19.1. The van der Waals surface area contributed by atoms with Crippen LogP contribution in [0.5, 0.6) is 0 Å². The molecule has 0 radical (unpaired) electrons. The van der Waals surface area contributed by atoms with E-state index in [9.17, 15) is 13.6 Å². The smallest absolute Gasteiger partial charge is 0.338 e. The first-order chi connectivity index (χ1) is 15.2. The molecular formula is C24H33F2N3O3. The summed E-state index contributed by atoms with van der Waals surface area (Å²) in [6.45, 7) is 6.67. The summed E-state index contributed by atoms with van der Waals surface area (Å²) in [5.41, 5.74) is -0.884. The van der Waals surface area contributed by atoms with Crippen LogP contribution in [0.15, 0.2) is 35.2 Å². The van der Waals surface area contributed by atoms with Crippen molar-refractivity contribution in [2.45, 2.75) is 51.4 Å². The summed E-state index contributed by atoms with van der Waals surface area (Å²) in [7, 11) is 1.82. The quantitative estimate of drug-likeness (QED) is 0.595. The van der Waals surface area contributed by atoms with Crippen molar-refractivity contribution in [3.63, 3.8) is 0 Å². The average Bonchev–Trinajstić information content (AvgIpc) is 2.78. The predicted octanol–water partition coefficient (Wildman–Crippen LogP) is 4.64. The number of carbonyl (C=O) groups is 1. The summed E-state index contributed by atoms with van der Waals surface area (Å²) in [4.78, 5) is 19.5. The molecule has 1 aromatic carbocycles. The number of hydrogen-bond donors (Lipinski definition) is 1. The lowest BCUT2D eigenvalue weighted by molar-refractivity contribution is 0.0510. The highest BCUT2D eigenvalue weighted by molar-refractivity contribution is 5.88. The summed E-state index contributed by atoms with van der Waals surface area (Å²) >= 11 is 0. The van der Waals surface area contributed by atoms with Gasteiger partial charge in [-0.2, -0.15) is 0 Å². The van der Waals surface area contributed by atoms with Crippen molar-refractivity contribution in [2.75, 3.05) is 33.3 Å². The van der Waals surface area contributed by atoms with E-state index in [0.29, 0.717) is 43.2 Å². The fourth-order valence-electron chi connectivity index (χ4n) is 4.21. The summed E-state index contributed by atoms with van der Waals surface area (Å²) in [5.74, 6) is -1.03. The highest BCUT2D eigenvalue weighted by Crippen LogP contribution is 2.28. The summed E-state index contributed by atoms with van der Waals surface area (Å²) in [5, 5.41) is 8.98. The van der Waals surface area contributed by atoms with Gasteiger partial charge in [-0.3, -0.25) is 4.99 Å². The number of piperidine rings is 1. The number of rotatable bonds is 9. The Balaban J connectivity index is 1.48. The molecule has 0 amide bonds. The van der Waals surface area contributed by atoms with Crippen molar-refractivity contribution in [1.29, 1.82) is 0 Å². The Kier molecular flexibility index (Phi) is 7.87. The summed E-state index contributed by atoms with van der Waals surface area (Å²) < 4.78 is 34.6. The van der Waals surface area contributed by atoms with Gasteiger partial charge in [-0.25, -0.2) is 13.6 Å². The number of carboxylic acid groups (broad SMARTS) is 1. The first-order valence-corrected chi connectivity index (χ1v) is 11.3. The molecule has 2 aliphatic rings. The van der Waals surface area contributed by atoms with Crippen molar-refractivity contribution >= 4 is 12.2 Å². The average molecular weight is 450 g/mol. The number of aromatic carboxylic acids is 1. The number of aliphatic imine (C=N–C) groups is 1. The molecule has 1 saturated heterocycles. The SMILES string of the molecule is CCC(F)(CC)CN1CCC(COC2=CN(C)C(c3ccc(C(=O)O)c(F)c3)N=C2)CC1. The third-order valence-electron chi connectivity index (χ3n) is 6.55. The molecule has 3 rings (SSSR count). The molecule has 0 saturated carbocycles. The second-order valence-corrected chi connectivity index (χ2v) is 8.78. The van der Waals surface area contributed by atoms with Gasteiger partial charge in [-0.1, -0.05) is 19.9 Å². The number of benzene rings is 1. The van der Waals surface area contributed by atoms with Crippen LogP contribution in [-0.2, 0) is 4.74 Å². The number of likely N-dealkylation sites (tertiary alicyclic amines) is 1. The van der Waals surface area contributed by atoms with E-state index in [0.717, 1.165) is 25.9 Å². The van der Waals surface area contributed by atoms with E-state index in [2.05, 4.69) is 9.89 Å². The second-order valence-electron chi connectivity index (χ2n) is 8.78. The Labute approximate surface area is 188 Å². The van der Waals surface area contributed by atoms with Crippen LogP contribution < -0.4 is 0 Å². The molecule has 1 unspecified atom stereocenters. The van der Waals surface area contributed by atoms with Gasteiger partial charge in [0.15, 0.2) is 5.76 Å². The van der Waals surface area contributed by atoms with E-state index in [1.165, 1.54) is 12.1 Å². The van der Waals surface area contributed by atoms with Crippen molar-refractivity contribution in [3.05, 3.63) is 47.1 Å². The van der Waals surface area contributed by atoms with Crippen LogP contribution in [0.25, 0.3) is 0 Å². The van der Waals surface area contributed by atoms with Crippen LogP contribution in [0, 0.1) is 11.7 Å². The number of halogens is 2. The van der Waals surface area contributed by atoms with E-state index in [4.69, 9.17) is 9.84 Å². The van der Waals surface area contributed by atoms with Gasteiger partial charge in [-0.15, -0.1) is 0 Å². The number of nitrogens with zero attached hydrogens (tertiary/aromatic N) is 3. The first-order valence-electron chi connectivity index (χ1n) is 11.3. The maximum atomic E-state index is 14.7. The largest absolute Gasteiger partial charge is 0.490 e. The molecule has 0 aliphatic carbocycles. The fraction of sp³-hybridized carbons (Fsp3) is 0.583. The van der Waals surface area contributed by atoms with Gasteiger partial charge in [0.2, 0.25) is 0 Å². The lowest BCUT2D eigenvalue weighted by Crippen LogP contribution is -2.43. The summed E-state index contributed by atoms with van der Waals surface area (Å²) in [6, 6.07) is 4.03. The van der Waals surface area contributed by atoms with Crippen LogP contribution in [0.1, 0.15) is 61.6 Å². The Morgan fingerprint density at radius 1 is 1.28 bits per heavy atom. The molecule has 6 nitrogen and oxygen atoms in total. The van der Waals surface area contributed by atoms with Gasteiger partial charge in [-0.05, 0) is 62.4 Å². The Hall–Kier alpha value is -2.48. The standard InChI is InChI=1S/C24H33F2N3O3/c1-4-24(26,5-2)16-29-10-8-17(9-11-29)15-32-19-13-27-22(28(3)14-19)18-6-7-20(23(30)31)21(25)12-18/h6-7,12-14,17,22H,4-5,8-11,15-16H2,1-3H3,(H,30,31). The Morgan fingerprint density at radius 3 is 2.53 bits per heavy atom. The number of hydrogen-bond acceptors (Lipinski definition) is 5. The van der Waals surface area contributed by atoms with Crippen LogP contribution in [0.2, 0.25) is 0 Å². The number of carboxylic acids is 1. The molecule has 2 heterocycles. The maximum absolute atomic E-state index is 14.7. The molecule has 2 aliphatic heterocycles. The molecule has 1 fully saturated rings. The van der Waals surface area contributed by atoms with E-state index in [-0.39, 0.29) is 5.56 Å². The molecule has 0 spiro atoms. The highest BCUT2D eigenvalue weighted by Gasteiger charge is 2.30. The second kappa shape index (κ2) is 10.4. The predicted molar refractivity (Wildman–Crippen MR) is 120 cm³/mol. The van der Waals surface area contributed by atoms with Crippen molar-refractivity contribution < 1.29 is 23.4 Å². The fourth-order valence-corrected chi connectivity index (χ4v) is 4.21. The van der Waals surface area contributed by atoms with E-state index in [1.807, 2.05) is 32.0 Å². The zero-order chi connectivity index (χ0) is 23.3. The number of ether oxygens (including phenoxy) is 1. The first kappa shape index (κ1) is 24.2. The minimum atomic E-state index is -1.30. The minimum Gasteiger partial charge on any atom is -0.490 e. The van der Waals surface area contributed by atoms with Gasteiger partial charge in [0, 0.05) is 19.8 Å². The molecule has 32 heavy (non-hydrogen) atoms. The topological polar surface area (TPSA) is 65.4 Å². The molecule has 0 aromatic heterocycles. The summed E-state index contributed by atoms with van der Waals surface area (Å²) in [6.07, 6.45) is 6.04. The number of alkyl halides is 1. The van der Waals surface area contributed by atoms with E-state index >= 15 is 0 Å². The monoisotopic (exact) mass is 449 g/mol. The molecular weight excluding hydrogens is 416 g/mol. The molecule has 0 bridgehead atoms. The van der Waals surface area contributed by atoms with Crippen LogP contribution in [0.4, 0.5) is 8.78 Å². The van der Waals surface area contributed by atoms with Gasteiger partial charge in [0.05, 0.1) is 18.4 Å². The van der Waals surface area contributed by atoms with Gasteiger partial charge < -0.3 is 19.6 Å². The maximum Gasteiger partial charge on any atom is 0.338 e. The Bertz CT molecular complexity index is 862. The van der Waals surface area contributed by atoms with Gasteiger partial charge in [0.1, 0.15) is 17.7 Å². The van der Waals surface area contributed by atoms with Crippen molar-refractivity contribution in [3.8, 4) is 0 Å². The van der Waals surface area contributed by atoms with Crippen molar-refractivity contribution in [1.82, 2.24) is 9.80 Å². The van der Waals surface area contributed by atoms with Gasteiger partial charge in [0.25, 0.3) is 0 Å². The molecule has 176 valence electrons. The van der Waals surface area contributed by atoms with Crippen LogP contribution in [0.3, 0.4) is 0 Å². The van der Waals surface area contributed by atoms with Gasteiger partial charge >= 0.3 is 5.97 Å². The molecule has 1 N–H and O–H groups in total. The van der Waals surface area contributed by atoms with Crippen LogP contribution in [-0.4, -0.2) is 66.0 Å². The van der Waals surface area contributed by atoms with Crippen LogP contribution >= 0.6 is 0 Å². The molecule has 8 heteroatoms. The normalized spacial score (nSPS) is 20.3. The highest BCUT2D eigenvalue weighted by atomic mass is 19.1. The van der Waals surface area contributed by atoms with E-state index < -0.39 is 23.6 Å². The zero-order valence-electron chi connectivity index (χ0n) is 19.1. The van der Waals surface area contributed by atoms with E-state index in [1.54, 1.807) is 12.3 Å².